The second kappa shape index (κ2) is 10.8. The van der Waals surface area contributed by atoms with Crippen LogP contribution in [0.2, 0.25) is 0 Å². The number of para-hydroxylation sites is 1. The molecule has 0 amide bonds. The third kappa shape index (κ3) is 4.97. The lowest BCUT2D eigenvalue weighted by Gasteiger charge is -2.21. The largest absolute Gasteiger partial charge is 0.455 e. The van der Waals surface area contributed by atoms with E-state index < -0.39 is 0 Å². The Morgan fingerprint density at radius 1 is 0.900 bits per heavy atom. The third-order valence-electron chi connectivity index (χ3n) is 7.30. The summed E-state index contributed by atoms with van der Waals surface area (Å²) >= 11 is 0. The number of hydrogen-bond acceptors (Lipinski definition) is 6. The van der Waals surface area contributed by atoms with Crippen molar-refractivity contribution in [3.05, 3.63) is 141 Å². The molecular weight excluding hydrogens is 496 g/mol. The molecule has 0 bridgehead atoms. The van der Waals surface area contributed by atoms with Crippen molar-refractivity contribution < 1.29 is 4.42 Å². The maximum atomic E-state index is 13.5. The highest BCUT2D eigenvalue weighted by Crippen LogP contribution is 2.33. The molecule has 6 rings (SSSR count). The van der Waals surface area contributed by atoms with E-state index in [1.54, 1.807) is 0 Å². The highest BCUT2D eigenvalue weighted by molar-refractivity contribution is 5.85. The molecular formula is C34H32N4O2. The Hall–Kier alpha value is -4.81. The Morgan fingerprint density at radius 2 is 1.60 bits per heavy atom. The monoisotopic (exact) mass is 528 g/mol. The van der Waals surface area contributed by atoms with Crippen LogP contribution in [0.3, 0.4) is 0 Å². The number of anilines is 1. The van der Waals surface area contributed by atoms with Gasteiger partial charge in [-0.2, -0.15) is 0 Å². The molecule has 5 aromatic rings. The Bertz CT molecular complexity index is 1760. The SMILES string of the molecule is Cc1cc(C(C)Nc2ccccc2C2=CN(Cc3ccccc3)NN2)c2oc(-c3ccccc3)c(C)c(=O)c2c1. The molecule has 40 heavy (non-hydrogen) atoms. The number of nitrogens with one attached hydrogen (secondary N) is 3. The van der Waals surface area contributed by atoms with Gasteiger partial charge in [-0.3, -0.25) is 9.80 Å². The van der Waals surface area contributed by atoms with Gasteiger partial charge in [0.15, 0.2) is 5.43 Å². The maximum Gasteiger partial charge on any atom is 0.196 e. The summed E-state index contributed by atoms with van der Waals surface area (Å²) in [6, 6.07) is 32.3. The molecule has 2 heterocycles. The average Bonchev–Trinajstić information content (AvgIpc) is 3.44. The molecule has 1 aliphatic heterocycles. The van der Waals surface area contributed by atoms with Gasteiger partial charge in [0.2, 0.25) is 0 Å². The number of fused-ring (bicyclic) bond motifs is 1. The van der Waals surface area contributed by atoms with E-state index >= 15 is 0 Å². The first-order valence-electron chi connectivity index (χ1n) is 13.5. The highest BCUT2D eigenvalue weighted by atomic mass is 16.3. The van der Waals surface area contributed by atoms with Crippen molar-refractivity contribution in [3.63, 3.8) is 0 Å². The van der Waals surface area contributed by atoms with Gasteiger partial charge in [0.05, 0.1) is 23.7 Å². The summed E-state index contributed by atoms with van der Waals surface area (Å²) in [6.45, 7) is 6.69. The normalized spacial score (nSPS) is 13.7. The molecule has 0 saturated carbocycles. The minimum absolute atomic E-state index is 0.00236. The number of aryl methyl sites for hydroxylation is 1. The van der Waals surface area contributed by atoms with Crippen molar-refractivity contribution in [2.45, 2.75) is 33.4 Å². The van der Waals surface area contributed by atoms with Gasteiger partial charge < -0.3 is 15.2 Å². The van der Waals surface area contributed by atoms with Crippen LogP contribution in [0.1, 0.15) is 40.8 Å². The zero-order chi connectivity index (χ0) is 27.6. The number of rotatable bonds is 7. The van der Waals surface area contributed by atoms with Crippen LogP contribution in [0.5, 0.6) is 0 Å². The van der Waals surface area contributed by atoms with Gasteiger partial charge in [-0.15, -0.1) is 5.53 Å². The van der Waals surface area contributed by atoms with E-state index in [-0.39, 0.29) is 11.5 Å². The van der Waals surface area contributed by atoms with Crippen molar-refractivity contribution in [1.29, 1.82) is 0 Å². The van der Waals surface area contributed by atoms with Gasteiger partial charge in [0, 0.05) is 34.1 Å². The van der Waals surface area contributed by atoms with E-state index in [1.165, 1.54) is 5.56 Å². The van der Waals surface area contributed by atoms with Crippen LogP contribution in [0.25, 0.3) is 28.0 Å². The van der Waals surface area contributed by atoms with Crippen molar-refractivity contribution >= 4 is 22.4 Å². The summed E-state index contributed by atoms with van der Waals surface area (Å²) in [6.07, 6.45) is 2.08. The van der Waals surface area contributed by atoms with E-state index in [0.717, 1.165) is 40.2 Å². The zero-order valence-corrected chi connectivity index (χ0v) is 22.9. The maximum absolute atomic E-state index is 13.5. The second-order valence-corrected chi connectivity index (χ2v) is 10.3. The molecule has 0 aliphatic carbocycles. The van der Waals surface area contributed by atoms with E-state index in [1.807, 2.05) is 85.6 Å². The first-order chi connectivity index (χ1) is 19.5. The number of hydrogen-bond donors (Lipinski definition) is 3. The molecule has 0 fully saturated rings. The van der Waals surface area contributed by atoms with E-state index in [0.29, 0.717) is 22.3 Å². The Kier molecular flexibility index (Phi) is 6.84. The average molecular weight is 529 g/mol. The van der Waals surface area contributed by atoms with E-state index in [2.05, 4.69) is 59.7 Å². The van der Waals surface area contributed by atoms with Crippen molar-refractivity contribution in [2.75, 3.05) is 5.32 Å². The van der Waals surface area contributed by atoms with Crippen LogP contribution in [-0.2, 0) is 6.54 Å². The van der Waals surface area contributed by atoms with E-state index in [9.17, 15) is 4.79 Å². The van der Waals surface area contributed by atoms with Crippen LogP contribution in [0, 0.1) is 13.8 Å². The fourth-order valence-corrected chi connectivity index (χ4v) is 5.26. The van der Waals surface area contributed by atoms with Gasteiger partial charge >= 0.3 is 0 Å². The quantitative estimate of drug-likeness (QED) is 0.210. The van der Waals surface area contributed by atoms with Crippen molar-refractivity contribution in [1.82, 2.24) is 16.0 Å². The summed E-state index contributed by atoms with van der Waals surface area (Å²) < 4.78 is 6.52. The molecule has 3 N–H and O–H groups in total. The third-order valence-corrected chi connectivity index (χ3v) is 7.30. The van der Waals surface area contributed by atoms with Gasteiger partial charge in [-0.25, -0.2) is 0 Å². The number of benzene rings is 4. The lowest BCUT2D eigenvalue weighted by atomic mass is 9.98. The Labute approximate surface area is 233 Å². The molecule has 200 valence electrons. The first kappa shape index (κ1) is 25.5. The van der Waals surface area contributed by atoms with E-state index in [4.69, 9.17) is 4.42 Å². The summed E-state index contributed by atoms with van der Waals surface area (Å²) in [5, 5.41) is 6.33. The summed E-state index contributed by atoms with van der Waals surface area (Å²) in [5.41, 5.74) is 14.8. The molecule has 1 atom stereocenters. The van der Waals surface area contributed by atoms with Crippen LogP contribution in [0.4, 0.5) is 5.69 Å². The predicted octanol–water partition coefficient (Wildman–Crippen LogP) is 7.07. The predicted molar refractivity (Wildman–Crippen MR) is 162 cm³/mol. The van der Waals surface area contributed by atoms with Crippen LogP contribution < -0.4 is 21.7 Å². The van der Waals surface area contributed by atoms with Crippen LogP contribution >= 0.6 is 0 Å². The fraction of sp³-hybridized carbons (Fsp3) is 0.147. The van der Waals surface area contributed by atoms with Crippen molar-refractivity contribution in [2.24, 2.45) is 0 Å². The molecule has 0 radical (unpaired) electrons. The summed E-state index contributed by atoms with van der Waals surface area (Å²) in [7, 11) is 0. The molecule has 0 saturated heterocycles. The molecule has 1 unspecified atom stereocenters. The molecule has 4 aromatic carbocycles. The second-order valence-electron chi connectivity index (χ2n) is 10.3. The van der Waals surface area contributed by atoms with Gasteiger partial charge in [-0.1, -0.05) is 84.9 Å². The topological polar surface area (TPSA) is 69.5 Å². The molecule has 0 spiro atoms. The number of nitrogens with zero attached hydrogens (tertiary/aromatic N) is 1. The number of hydrazine groups is 2. The minimum Gasteiger partial charge on any atom is -0.455 e. The molecule has 6 nitrogen and oxygen atoms in total. The lowest BCUT2D eigenvalue weighted by molar-refractivity contribution is 0.265. The summed E-state index contributed by atoms with van der Waals surface area (Å²) in [5.74, 6) is 0.612. The smallest absolute Gasteiger partial charge is 0.196 e. The minimum atomic E-state index is -0.131. The van der Waals surface area contributed by atoms with Crippen molar-refractivity contribution in [3.8, 4) is 11.3 Å². The van der Waals surface area contributed by atoms with Gasteiger partial charge in [0.25, 0.3) is 0 Å². The first-order valence-corrected chi connectivity index (χ1v) is 13.5. The van der Waals surface area contributed by atoms with Gasteiger partial charge in [-0.05, 0) is 44.0 Å². The van der Waals surface area contributed by atoms with Crippen LogP contribution in [0.15, 0.2) is 112 Å². The lowest BCUT2D eigenvalue weighted by Crippen LogP contribution is -2.35. The molecule has 1 aromatic heterocycles. The van der Waals surface area contributed by atoms with Crippen LogP contribution in [-0.4, -0.2) is 5.01 Å². The molecule has 6 heteroatoms. The van der Waals surface area contributed by atoms with Gasteiger partial charge in [0.1, 0.15) is 11.3 Å². The standard InChI is InChI=1S/C34H32N4O2/c1-22-18-28(34-29(19-22)32(39)23(2)33(40-34)26-14-8-5-9-15-26)24(3)35-30-17-11-10-16-27(30)31-21-38(37-36-31)20-25-12-6-4-7-13-25/h4-19,21,24,35-37H,20H2,1-3H3. The zero-order valence-electron chi connectivity index (χ0n) is 22.9. The Balaban J connectivity index is 1.35. The summed E-state index contributed by atoms with van der Waals surface area (Å²) in [4.78, 5) is 13.5. The highest BCUT2D eigenvalue weighted by Gasteiger charge is 2.21. The molecule has 1 aliphatic rings. The fourth-order valence-electron chi connectivity index (χ4n) is 5.26. The Morgan fingerprint density at radius 3 is 2.38 bits per heavy atom.